The quantitative estimate of drug-likeness (QED) is 0.746. The van der Waals surface area contributed by atoms with Gasteiger partial charge in [-0.1, -0.05) is 12.2 Å². The molecule has 0 aliphatic heterocycles. The van der Waals surface area contributed by atoms with Crippen molar-refractivity contribution in [3.05, 3.63) is 23.1 Å². The molecule has 1 atom stereocenters. The fourth-order valence-corrected chi connectivity index (χ4v) is 2.02. The van der Waals surface area contributed by atoms with E-state index in [2.05, 4.69) is 18.7 Å². The van der Waals surface area contributed by atoms with Crippen LogP contribution in [0.1, 0.15) is 20.3 Å². The minimum Gasteiger partial charge on any atom is -0.297 e. The first-order valence-electron chi connectivity index (χ1n) is 4.90. The average Bonchev–Trinajstić information content (AvgIpc) is 2.15. The van der Waals surface area contributed by atoms with E-state index in [1.165, 1.54) is 6.08 Å². The molecule has 86 valence electrons. The number of likely N-dealkylation sites (N-methyl/N-ethyl adjacent to an activating group) is 1. The summed E-state index contributed by atoms with van der Waals surface area (Å²) in [5.41, 5.74) is 0. The van der Waals surface area contributed by atoms with Gasteiger partial charge in [-0.25, -0.2) is 0 Å². The molecule has 1 aliphatic rings. The highest BCUT2D eigenvalue weighted by Crippen LogP contribution is 2.19. The van der Waals surface area contributed by atoms with Crippen molar-refractivity contribution in [2.45, 2.75) is 32.4 Å². The van der Waals surface area contributed by atoms with Crippen molar-refractivity contribution >= 4 is 10.1 Å². The predicted octanol–water partition coefficient (Wildman–Crippen LogP) is 1.43. The summed E-state index contributed by atoms with van der Waals surface area (Å²) in [6.07, 6.45) is 5.44. The largest absolute Gasteiger partial charge is 0.297 e. The molecule has 4 nitrogen and oxygen atoms in total. The van der Waals surface area contributed by atoms with Crippen LogP contribution in [0, 0.1) is 0 Å². The molecule has 0 radical (unpaired) electrons. The molecule has 1 N–H and O–H groups in total. The molecule has 0 aromatic carbocycles. The van der Waals surface area contributed by atoms with Gasteiger partial charge < -0.3 is 0 Å². The lowest BCUT2D eigenvalue weighted by molar-refractivity contribution is 0.228. The molecule has 0 saturated carbocycles. The lowest BCUT2D eigenvalue weighted by Gasteiger charge is -2.29. The molecule has 0 amide bonds. The smallest absolute Gasteiger partial charge is 0.294 e. The minimum absolute atomic E-state index is 0.00379. The number of rotatable bonds is 3. The lowest BCUT2D eigenvalue weighted by Crippen LogP contribution is -2.36. The van der Waals surface area contributed by atoms with Gasteiger partial charge in [-0.2, -0.15) is 8.42 Å². The molecule has 0 saturated heterocycles. The van der Waals surface area contributed by atoms with Gasteiger partial charge in [-0.05, 0) is 33.4 Å². The Morgan fingerprint density at radius 3 is 2.47 bits per heavy atom. The Labute approximate surface area is 91.0 Å². The molecule has 0 heterocycles. The summed E-state index contributed by atoms with van der Waals surface area (Å²) in [6, 6.07) is 0.607. The van der Waals surface area contributed by atoms with E-state index in [0.29, 0.717) is 12.5 Å². The van der Waals surface area contributed by atoms with E-state index in [-0.39, 0.29) is 10.9 Å². The van der Waals surface area contributed by atoms with Crippen LogP contribution < -0.4 is 0 Å². The van der Waals surface area contributed by atoms with Crippen LogP contribution in [0.15, 0.2) is 23.1 Å². The normalized spacial score (nSPS) is 22.3. The molecule has 0 fully saturated rings. The van der Waals surface area contributed by atoms with Gasteiger partial charge in [0.05, 0.1) is 4.91 Å². The van der Waals surface area contributed by atoms with Gasteiger partial charge in [0.1, 0.15) is 0 Å². The van der Waals surface area contributed by atoms with Crippen molar-refractivity contribution < 1.29 is 13.0 Å². The Kier molecular flexibility index (Phi) is 3.70. The van der Waals surface area contributed by atoms with E-state index >= 15 is 0 Å². The predicted molar refractivity (Wildman–Crippen MR) is 60.1 cm³/mol. The minimum atomic E-state index is -4.04. The van der Waals surface area contributed by atoms with Crippen LogP contribution in [0.3, 0.4) is 0 Å². The maximum atomic E-state index is 10.8. The molecule has 0 aromatic heterocycles. The zero-order chi connectivity index (χ0) is 11.6. The van der Waals surface area contributed by atoms with E-state index in [0.717, 1.165) is 0 Å². The van der Waals surface area contributed by atoms with Crippen molar-refractivity contribution in [3.8, 4) is 0 Å². The highest BCUT2D eigenvalue weighted by atomic mass is 32.2. The maximum Gasteiger partial charge on any atom is 0.294 e. The summed E-state index contributed by atoms with van der Waals surface area (Å²) in [4.78, 5) is 2.14. The van der Waals surface area contributed by atoms with Gasteiger partial charge in [0.15, 0.2) is 0 Å². The number of nitrogens with zero attached hydrogens (tertiary/aromatic N) is 1. The Morgan fingerprint density at radius 2 is 2.13 bits per heavy atom. The van der Waals surface area contributed by atoms with E-state index in [9.17, 15) is 8.42 Å². The van der Waals surface area contributed by atoms with Crippen molar-refractivity contribution in [3.63, 3.8) is 0 Å². The van der Waals surface area contributed by atoms with Gasteiger partial charge in [0, 0.05) is 12.1 Å². The molecule has 0 bridgehead atoms. The Morgan fingerprint density at radius 1 is 1.53 bits per heavy atom. The summed E-state index contributed by atoms with van der Waals surface area (Å²) >= 11 is 0. The summed E-state index contributed by atoms with van der Waals surface area (Å²) in [5, 5.41) is 0. The molecule has 1 rings (SSSR count). The van der Waals surface area contributed by atoms with Crippen LogP contribution >= 0.6 is 0 Å². The number of hydrogen-bond donors (Lipinski definition) is 1. The second-order valence-corrected chi connectivity index (χ2v) is 5.42. The highest BCUT2D eigenvalue weighted by Gasteiger charge is 2.20. The number of hydrogen-bond acceptors (Lipinski definition) is 3. The third kappa shape index (κ3) is 3.15. The lowest BCUT2D eigenvalue weighted by atomic mass is 10.1. The van der Waals surface area contributed by atoms with Gasteiger partial charge >= 0.3 is 0 Å². The van der Waals surface area contributed by atoms with Crippen LogP contribution in [-0.2, 0) is 10.1 Å². The summed E-state index contributed by atoms with van der Waals surface area (Å²) in [7, 11) is -2.05. The Bertz CT molecular complexity index is 381. The fraction of sp³-hybridized carbons (Fsp3) is 0.600. The third-order valence-corrected chi connectivity index (χ3v) is 3.58. The van der Waals surface area contributed by atoms with Gasteiger partial charge in [-0.15, -0.1) is 0 Å². The van der Waals surface area contributed by atoms with Crippen molar-refractivity contribution in [2.24, 2.45) is 0 Å². The first-order chi connectivity index (χ1) is 6.82. The van der Waals surface area contributed by atoms with Crippen LogP contribution in [0.4, 0.5) is 0 Å². The average molecular weight is 231 g/mol. The van der Waals surface area contributed by atoms with Gasteiger partial charge in [0.25, 0.3) is 10.1 Å². The molecule has 0 aromatic rings. The van der Waals surface area contributed by atoms with Crippen molar-refractivity contribution in [1.82, 2.24) is 4.90 Å². The van der Waals surface area contributed by atoms with E-state index < -0.39 is 10.1 Å². The standard InChI is InChI=1S/C10H17NO3S/c1-8(2)11(3)9-4-6-10(7-5-9)15(12,13)14/h4,6-9H,5H2,1-3H3,(H,12,13,14). The second-order valence-electron chi connectivity index (χ2n) is 4.00. The molecular weight excluding hydrogens is 214 g/mol. The summed E-state index contributed by atoms with van der Waals surface area (Å²) in [5.74, 6) is 0. The first-order valence-corrected chi connectivity index (χ1v) is 6.34. The second kappa shape index (κ2) is 4.47. The molecule has 15 heavy (non-hydrogen) atoms. The first kappa shape index (κ1) is 12.4. The molecule has 5 heteroatoms. The molecule has 1 unspecified atom stereocenters. The monoisotopic (exact) mass is 231 g/mol. The van der Waals surface area contributed by atoms with Crippen LogP contribution in [0.25, 0.3) is 0 Å². The van der Waals surface area contributed by atoms with Crippen LogP contribution in [0.2, 0.25) is 0 Å². The zero-order valence-electron chi connectivity index (χ0n) is 9.21. The Hall–Kier alpha value is -0.650. The van der Waals surface area contributed by atoms with E-state index in [4.69, 9.17) is 4.55 Å². The van der Waals surface area contributed by atoms with Crippen molar-refractivity contribution in [1.29, 1.82) is 0 Å². The fourth-order valence-electron chi connectivity index (χ4n) is 1.47. The maximum absolute atomic E-state index is 10.8. The summed E-state index contributed by atoms with van der Waals surface area (Å²) in [6.45, 7) is 4.16. The molecule has 0 spiro atoms. The van der Waals surface area contributed by atoms with Crippen molar-refractivity contribution in [2.75, 3.05) is 7.05 Å². The van der Waals surface area contributed by atoms with E-state index in [1.54, 1.807) is 6.08 Å². The SMILES string of the molecule is CC(C)N(C)C1C=CC(S(=O)(=O)O)=CC1. The van der Waals surface area contributed by atoms with Gasteiger partial charge in [-0.3, -0.25) is 9.45 Å². The van der Waals surface area contributed by atoms with Gasteiger partial charge in [0.2, 0.25) is 0 Å². The van der Waals surface area contributed by atoms with Crippen LogP contribution in [0.5, 0.6) is 0 Å². The summed E-state index contributed by atoms with van der Waals surface area (Å²) < 4.78 is 30.5. The molecule has 1 aliphatic carbocycles. The van der Waals surface area contributed by atoms with E-state index in [1.807, 2.05) is 13.1 Å². The molecular formula is C10H17NO3S. The highest BCUT2D eigenvalue weighted by molar-refractivity contribution is 7.90. The van der Waals surface area contributed by atoms with Crippen LogP contribution in [-0.4, -0.2) is 37.0 Å². The zero-order valence-corrected chi connectivity index (χ0v) is 10.0. The topological polar surface area (TPSA) is 57.6 Å². The Balaban J connectivity index is 2.73. The third-order valence-electron chi connectivity index (χ3n) is 2.68. The number of allylic oxidation sites excluding steroid dienone is 1.